The zero-order valence-corrected chi connectivity index (χ0v) is 6.52. The number of nitrogens with zero attached hydrogens (tertiary/aromatic N) is 1. The zero-order valence-electron chi connectivity index (χ0n) is 5.62. The highest BCUT2D eigenvalue weighted by Crippen LogP contribution is 2.23. The summed E-state index contributed by atoms with van der Waals surface area (Å²) in [5.74, 6) is -2.73. The Bertz CT molecular complexity index is 343. The molecule has 0 saturated carbocycles. The van der Waals surface area contributed by atoms with Crippen molar-refractivity contribution in [3.8, 4) is 0 Å². The zero-order chi connectivity index (χ0) is 9.30. The van der Waals surface area contributed by atoms with Crippen molar-refractivity contribution < 1.29 is 13.7 Å². The normalized spacial score (nSPS) is 9.92. The van der Waals surface area contributed by atoms with Gasteiger partial charge in [0.05, 0.1) is 4.92 Å². The summed E-state index contributed by atoms with van der Waals surface area (Å²) < 4.78 is 25.1. The molecule has 0 saturated heterocycles. The molecule has 0 spiro atoms. The Morgan fingerprint density at radius 1 is 1.42 bits per heavy atom. The summed E-state index contributed by atoms with van der Waals surface area (Å²) in [5, 5.41) is 10.1. The predicted molar refractivity (Wildman–Crippen MR) is 40.3 cm³/mol. The largest absolute Gasteiger partial charge is 0.308 e. The Balaban J connectivity index is 3.37. The van der Waals surface area contributed by atoms with Crippen LogP contribution in [-0.2, 0) is 0 Å². The molecule has 12 heavy (non-hydrogen) atoms. The maximum atomic E-state index is 12.6. The molecule has 0 aliphatic carbocycles. The van der Waals surface area contributed by atoms with Gasteiger partial charge in [0.2, 0.25) is 5.82 Å². The summed E-state index contributed by atoms with van der Waals surface area (Å²) >= 11 is 3.65. The highest BCUT2D eigenvalue weighted by atomic mass is 32.1. The lowest BCUT2D eigenvalue weighted by Crippen LogP contribution is -1.95. The van der Waals surface area contributed by atoms with Crippen LogP contribution < -0.4 is 0 Å². The predicted octanol–water partition coefficient (Wildman–Crippen LogP) is 2.16. The van der Waals surface area contributed by atoms with E-state index in [0.29, 0.717) is 0 Å². The average Bonchev–Trinajstić information content (AvgIpc) is 1.96. The molecule has 1 aromatic rings. The Kier molecular flexibility index (Phi) is 2.27. The van der Waals surface area contributed by atoms with E-state index in [-0.39, 0.29) is 4.90 Å². The molecule has 0 heterocycles. The van der Waals surface area contributed by atoms with Crippen molar-refractivity contribution in [2.45, 2.75) is 4.90 Å². The number of hydrogen-bond donors (Lipinski definition) is 1. The number of thiol groups is 1. The van der Waals surface area contributed by atoms with Gasteiger partial charge in [-0.15, -0.1) is 12.6 Å². The van der Waals surface area contributed by atoms with Gasteiger partial charge in [-0.3, -0.25) is 10.1 Å². The van der Waals surface area contributed by atoms with Crippen LogP contribution in [0.1, 0.15) is 0 Å². The highest BCUT2D eigenvalue weighted by molar-refractivity contribution is 7.80. The van der Waals surface area contributed by atoms with Crippen LogP contribution >= 0.6 is 12.6 Å². The summed E-state index contributed by atoms with van der Waals surface area (Å²) in [5.41, 5.74) is -0.903. The van der Waals surface area contributed by atoms with Crippen molar-refractivity contribution in [3.63, 3.8) is 0 Å². The lowest BCUT2D eigenvalue weighted by atomic mass is 10.3. The number of benzene rings is 1. The molecular weight excluding hydrogens is 188 g/mol. The van der Waals surface area contributed by atoms with Gasteiger partial charge in [-0.25, -0.2) is 4.39 Å². The molecule has 3 nitrogen and oxygen atoms in total. The van der Waals surface area contributed by atoms with Crippen molar-refractivity contribution in [1.29, 1.82) is 0 Å². The quantitative estimate of drug-likeness (QED) is 0.420. The van der Waals surface area contributed by atoms with Crippen LogP contribution in [-0.4, -0.2) is 4.92 Å². The molecule has 0 aliphatic rings. The fourth-order valence-corrected chi connectivity index (χ4v) is 0.929. The third-order valence-corrected chi connectivity index (χ3v) is 1.45. The van der Waals surface area contributed by atoms with E-state index >= 15 is 0 Å². The standard InChI is InChI=1S/C6H3F2NO2S/c7-4-1-3(12)2-5(6(4)8)9(10)11/h1-2,12H. The van der Waals surface area contributed by atoms with Crippen LogP contribution in [0.3, 0.4) is 0 Å². The molecule has 0 aromatic heterocycles. The summed E-state index contributed by atoms with van der Waals surface area (Å²) in [6.07, 6.45) is 0. The van der Waals surface area contributed by atoms with Crippen molar-refractivity contribution in [3.05, 3.63) is 33.9 Å². The van der Waals surface area contributed by atoms with E-state index in [2.05, 4.69) is 12.6 Å². The van der Waals surface area contributed by atoms with Crippen LogP contribution in [0.2, 0.25) is 0 Å². The number of hydrogen-bond acceptors (Lipinski definition) is 3. The van der Waals surface area contributed by atoms with E-state index in [4.69, 9.17) is 0 Å². The van der Waals surface area contributed by atoms with Gasteiger partial charge < -0.3 is 0 Å². The van der Waals surface area contributed by atoms with Crippen molar-refractivity contribution in [1.82, 2.24) is 0 Å². The maximum Gasteiger partial charge on any atom is 0.308 e. The molecule has 0 unspecified atom stereocenters. The Morgan fingerprint density at radius 3 is 2.50 bits per heavy atom. The topological polar surface area (TPSA) is 43.1 Å². The molecule has 0 bridgehead atoms. The molecule has 64 valence electrons. The van der Waals surface area contributed by atoms with Crippen molar-refractivity contribution in [2.75, 3.05) is 0 Å². The molecular formula is C6H3F2NO2S. The number of nitro benzene ring substituents is 1. The third-order valence-electron chi connectivity index (χ3n) is 1.19. The second-order valence-corrected chi connectivity index (χ2v) is 2.53. The van der Waals surface area contributed by atoms with Crippen LogP contribution in [0.5, 0.6) is 0 Å². The average molecular weight is 191 g/mol. The molecule has 0 N–H and O–H groups in total. The van der Waals surface area contributed by atoms with Gasteiger partial charge in [0.1, 0.15) is 0 Å². The Labute approximate surface area is 71.6 Å². The minimum absolute atomic E-state index is 0.0144. The van der Waals surface area contributed by atoms with Gasteiger partial charge in [0.15, 0.2) is 5.82 Å². The van der Waals surface area contributed by atoms with Gasteiger partial charge in [0.25, 0.3) is 0 Å². The Morgan fingerprint density at radius 2 is 2.00 bits per heavy atom. The summed E-state index contributed by atoms with van der Waals surface area (Å²) in [6, 6.07) is 1.62. The minimum Gasteiger partial charge on any atom is -0.258 e. The van der Waals surface area contributed by atoms with E-state index in [9.17, 15) is 18.9 Å². The smallest absolute Gasteiger partial charge is 0.258 e. The number of rotatable bonds is 1. The second kappa shape index (κ2) is 3.06. The van der Waals surface area contributed by atoms with Gasteiger partial charge in [-0.2, -0.15) is 4.39 Å². The second-order valence-electron chi connectivity index (χ2n) is 2.02. The first-order valence-corrected chi connectivity index (χ1v) is 3.29. The SMILES string of the molecule is O=[N+]([O-])c1cc(S)cc(F)c1F. The van der Waals surface area contributed by atoms with Crippen LogP contribution in [0.15, 0.2) is 17.0 Å². The maximum absolute atomic E-state index is 12.6. The summed E-state index contributed by atoms with van der Waals surface area (Å²) in [6.45, 7) is 0. The van der Waals surface area contributed by atoms with E-state index in [1.54, 1.807) is 0 Å². The number of nitro groups is 1. The summed E-state index contributed by atoms with van der Waals surface area (Å²) in [7, 11) is 0. The molecule has 0 radical (unpaired) electrons. The van der Waals surface area contributed by atoms with Gasteiger partial charge in [-0.1, -0.05) is 0 Å². The van der Waals surface area contributed by atoms with E-state index in [1.807, 2.05) is 0 Å². The molecule has 0 atom stereocenters. The first-order valence-electron chi connectivity index (χ1n) is 2.85. The van der Waals surface area contributed by atoms with Gasteiger partial charge >= 0.3 is 5.69 Å². The highest BCUT2D eigenvalue weighted by Gasteiger charge is 2.18. The number of halogens is 2. The molecule has 6 heteroatoms. The van der Waals surface area contributed by atoms with Crippen LogP contribution in [0.25, 0.3) is 0 Å². The van der Waals surface area contributed by atoms with Crippen LogP contribution in [0.4, 0.5) is 14.5 Å². The van der Waals surface area contributed by atoms with Crippen molar-refractivity contribution in [2.24, 2.45) is 0 Å². The molecule has 1 aromatic carbocycles. The third kappa shape index (κ3) is 1.53. The monoisotopic (exact) mass is 191 g/mol. The van der Waals surface area contributed by atoms with Crippen LogP contribution in [0, 0.1) is 21.7 Å². The molecule has 1 rings (SSSR count). The molecule has 0 amide bonds. The van der Waals surface area contributed by atoms with Gasteiger partial charge in [-0.05, 0) is 6.07 Å². The van der Waals surface area contributed by atoms with Gasteiger partial charge in [0, 0.05) is 11.0 Å². The first kappa shape index (κ1) is 8.92. The molecule has 0 fully saturated rings. The van der Waals surface area contributed by atoms with Crippen molar-refractivity contribution >= 4 is 18.3 Å². The lowest BCUT2D eigenvalue weighted by molar-refractivity contribution is -0.388. The lowest BCUT2D eigenvalue weighted by Gasteiger charge is -1.96. The fourth-order valence-electron chi connectivity index (χ4n) is 0.694. The fraction of sp³-hybridized carbons (Fsp3) is 0. The van der Waals surface area contributed by atoms with E-state index in [1.165, 1.54) is 0 Å². The summed E-state index contributed by atoms with van der Waals surface area (Å²) in [4.78, 5) is 9.10. The molecule has 0 aliphatic heterocycles. The Hall–Kier alpha value is -1.17. The van der Waals surface area contributed by atoms with E-state index < -0.39 is 22.2 Å². The first-order chi connectivity index (χ1) is 5.52. The van der Waals surface area contributed by atoms with E-state index in [0.717, 1.165) is 12.1 Å². The minimum atomic E-state index is -1.46.